The minimum Gasteiger partial charge on any atom is -0.487 e. The molecule has 0 aromatic heterocycles. The van der Waals surface area contributed by atoms with Crippen LogP contribution in [0.5, 0.6) is 5.75 Å². The number of carbonyl (C=O) groups is 1. The molecule has 0 saturated heterocycles. The van der Waals surface area contributed by atoms with Gasteiger partial charge in [0.05, 0.1) is 18.0 Å². The molecule has 126 valence electrons. The SMILES string of the molecule is CC1CN(C(=O)c2ccc(CS(C)(=O)=O)cc2)c2ccccc2O1. The fourth-order valence-electron chi connectivity index (χ4n) is 2.78. The molecule has 0 N–H and O–H groups in total. The quantitative estimate of drug-likeness (QED) is 0.858. The van der Waals surface area contributed by atoms with Gasteiger partial charge in [0.25, 0.3) is 5.91 Å². The smallest absolute Gasteiger partial charge is 0.258 e. The molecular formula is C18H19NO4S. The Hall–Kier alpha value is -2.34. The van der Waals surface area contributed by atoms with E-state index >= 15 is 0 Å². The first-order valence-corrected chi connectivity index (χ1v) is 9.74. The van der Waals surface area contributed by atoms with Gasteiger partial charge in [-0.3, -0.25) is 4.79 Å². The van der Waals surface area contributed by atoms with Crippen LogP contribution in [0, 0.1) is 0 Å². The second kappa shape index (κ2) is 6.28. The summed E-state index contributed by atoms with van der Waals surface area (Å²) in [6.45, 7) is 2.40. The number of benzene rings is 2. The lowest BCUT2D eigenvalue weighted by Crippen LogP contribution is -2.42. The molecule has 1 unspecified atom stereocenters. The van der Waals surface area contributed by atoms with Crippen molar-refractivity contribution in [2.24, 2.45) is 0 Å². The zero-order valence-corrected chi connectivity index (χ0v) is 14.4. The van der Waals surface area contributed by atoms with E-state index in [1.165, 1.54) is 6.26 Å². The molecule has 0 bridgehead atoms. The lowest BCUT2D eigenvalue weighted by atomic mass is 10.1. The number of sulfone groups is 1. The summed E-state index contributed by atoms with van der Waals surface area (Å²) in [6.07, 6.45) is 1.10. The van der Waals surface area contributed by atoms with Gasteiger partial charge in [0.15, 0.2) is 9.84 Å². The number of para-hydroxylation sites is 2. The Labute approximate surface area is 141 Å². The maximum absolute atomic E-state index is 12.9. The van der Waals surface area contributed by atoms with Gasteiger partial charge < -0.3 is 9.64 Å². The van der Waals surface area contributed by atoms with Gasteiger partial charge in [-0.05, 0) is 36.8 Å². The second-order valence-corrected chi connectivity index (χ2v) is 8.22. The van der Waals surface area contributed by atoms with Crippen molar-refractivity contribution in [1.82, 2.24) is 0 Å². The molecule has 1 atom stereocenters. The molecule has 6 heteroatoms. The molecular weight excluding hydrogens is 326 g/mol. The Balaban J connectivity index is 1.87. The van der Waals surface area contributed by atoms with Gasteiger partial charge in [-0.25, -0.2) is 8.42 Å². The molecule has 1 amide bonds. The average molecular weight is 345 g/mol. The van der Waals surface area contributed by atoms with Crippen molar-refractivity contribution >= 4 is 21.4 Å². The van der Waals surface area contributed by atoms with Crippen molar-refractivity contribution in [2.75, 3.05) is 17.7 Å². The van der Waals surface area contributed by atoms with E-state index in [-0.39, 0.29) is 17.8 Å². The number of hydrogen-bond donors (Lipinski definition) is 0. The molecule has 2 aromatic rings. The normalized spacial score (nSPS) is 17.1. The zero-order chi connectivity index (χ0) is 17.3. The predicted octanol–water partition coefficient (Wildman–Crippen LogP) is 2.66. The minimum absolute atomic E-state index is 0.0289. The maximum atomic E-state index is 12.9. The van der Waals surface area contributed by atoms with Crippen molar-refractivity contribution in [3.8, 4) is 5.75 Å². The zero-order valence-electron chi connectivity index (χ0n) is 13.6. The Morgan fingerprint density at radius 3 is 2.50 bits per heavy atom. The molecule has 24 heavy (non-hydrogen) atoms. The van der Waals surface area contributed by atoms with Gasteiger partial charge in [0.1, 0.15) is 11.9 Å². The number of anilines is 1. The van der Waals surface area contributed by atoms with E-state index in [1.807, 2.05) is 31.2 Å². The third kappa shape index (κ3) is 3.59. The summed E-state index contributed by atoms with van der Waals surface area (Å²) in [4.78, 5) is 14.6. The molecule has 2 aromatic carbocycles. The number of carbonyl (C=O) groups excluding carboxylic acids is 1. The van der Waals surface area contributed by atoms with Crippen LogP contribution in [0.25, 0.3) is 0 Å². The molecule has 0 radical (unpaired) electrons. The maximum Gasteiger partial charge on any atom is 0.258 e. The lowest BCUT2D eigenvalue weighted by Gasteiger charge is -2.33. The Morgan fingerprint density at radius 1 is 1.17 bits per heavy atom. The first-order valence-electron chi connectivity index (χ1n) is 7.68. The van der Waals surface area contributed by atoms with Crippen molar-refractivity contribution in [1.29, 1.82) is 0 Å². The molecule has 0 fully saturated rings. The van der Waals surface area contributed by atoms with E-state index in [2.05, 4.69) is 0 Å². The fourth-order valence-corrected chi connectivity index (χ4v) is 3.58. The molecule has 3 rings (SSSR count). The van der Waals surface area contributed by atoms with Crippen LogP contribution < -0.4 is 9.64 Å². The van der Waals surface area contributed by atoms with Gasteiger partial charge in [0, 0.05) is 11.8 Å². The standard InChI is InChI=1S/C18H19NO4S/c1-13-11-19(16-5-3-4-6-17(16)23-13)18(20)15-9-7-14(8-10-15)12-24(2,21)22/h3-10,13H,11-12H2,1-2H3. The number of amides is 1. The summed E-state index contributed by atoms with van der Waals surface area (Å²) in [5.41, 5.74) is 1.95. The summed E-state index contributed by atoms with van der Waals surface area (Å²) in [7, 11) is -3.09. The van der Waals surface area contributed by atoms with E-state index in [1.54, 1.807) is 29.2 Å². The van der Waals surface area contributed by atoms with E-state index in [4.69, 9.17) is 4.74 Å². The first-order chi connectivity index (χ1) is 11.3. The van der Waals surface area contributed by atoms with Crippen molar-refractivity contribution in [2.45, 2.75) is 18.8 Å². The average Bonchev–Trinajstić information content (AvgIpc) is 2.52. The number of ether oxygens (including phenoxy) is 1. The third-order valence-corrected chi connectivity index (χ3v) is 4.66. The summed E-state index contributed by atoms with van der Waals surface area (Å²) >= 11 is 0. The highest BCUT2D eigenvalue weighted by Crippen LogP contribution is 2.33. The van der Waals surface area contributed by atoms with Crippen LogP contribution in [0.3, 0.4) is 0 Å². The van der Waals surface area contributed by atoms with Crippen molar-refractivity contribution < 1.29 is 17.9 Å². The minimum atomic E-state index is -3.09. The van der Waals surface area contributed by atoms with Gasteiger partial charge in [0.2, 0.25) is 0 Å². The highest BCUT2D eigenvalue weighted by Gasteiger charge is 2.28. The first kappa shape index (κ1) is 16.5. The van der Waals surface area contributed by atoms with Crippen LogP contribution in [0.15, 0.2) is 48.5 Å². The van der Waals surface area contributed by atoms with Gasteiger partial charge in [-0.1, -0.05) is 24.3 Å². The summed E-state index contributed by atoms with van der Waals surface area (Å²) in [5, 5.41) is 0. The second-order valence-electron chi connectivity index (χ2n) is 6.08. The number of hydrogen-bond acceptors (Lipinski definition) is 4. The predicted molar refractivity (Wildman–Crippen MR) is 93.2 cm³/mol. The van der Waals surface area contributed by atoms with Crippen LogP contribution in [0.2, 0.25) is 0 Å². The molecule has 0 spiro atoms. The van der Waals surface area contributed by atoms with Crippen molar-refractivity contribution in [3.05, 3.63) is 59.7 Å². The van der Waals surface area contributed by atoms with Gasteiger partial charge in [-0.2, -0.15) is 0 Å². The highest BCUT2D eigenvalue weighted by atomic mass is 32.2. The largest absolute Gasteiger partial charge is 0.487 e. The van der Waals surface area contributed by atoms with Crippen LogP contribution >= 0.6 is 0 Å². The van der Waals surface area contributed by atoms with Gasteiger partial charge >= 0.3 is 0 Å². The van der Waals surface area contributed by atoms with E-state index < -0.39 is 9.84 Å². The summed E-state index contributed by atoms with van der Waals surface area (Å²) in [6, 6.07) is 14.2. The molecule has 1 heterocycles. The Bertz CT molecular complexity index is 859. The Kier molecular flexibility index (Phi) is 4.32. The highest BCUT2D eigenvalue weighted by molar-refractivity contribution is 7.89. The number of nitrogens with zero attached hydrogens (tertiary/aromatic N) is 1. The van der Waals surface area contributed by atoms with Crippen LogP contribution in [-0.2, 0) is 15.6 Å². The number of fused-ring (bicyclic) bond motifs is 1. The summed E-state index contributed by atoms with van der Waals surface area (Å²) in [5.74, 6) is 0.542. The molecule has 1 aliphatic rings. The van der Waals surface area contributed by atoms with Gasteiger partial charge in [-0.15, -0.1) is 0 Å². The topological polar surface area (TPSA) is 63.7 Å². The van der Waals surface area contributed by atoms with Crippen LogP contribution in [-0.4, -0.2) is 33.2 Å². The summed E-state index contributed by atoms with van der Waals surface area (Å²) < 4.78 is 28.5. The molecule has 0 saturated carbocycles. The third-order valence-electron chi connectivity index (χ3n) is 3.80. The molecule has 1 aliphatic heterocycles. The lowest BCUT2D eigenvalue weighted by molar-refractivity contribution is 0.0961. The van der Waals surface area contributed by atoms with E-state index in [0.29, 0.717) is 23.4 Å². The van der Waals surface area contributed by atoms with E-state index in [0.717, 1.165) is 5.69 Å². The van der Waals surface area contributed by atoms with E-state index in [9.17, 15) is 13.2 Å². The monoisotopic (exact) mass is 345 g/mol. The van der Waals surface area contributed by atoms with Crippen molar-refractivity contribution in [3.63, 3.8) is 0 Å². The molecule has 0 aliphatic carbocycles. The van der Waals surface area contributed by atoms with Crippen LogP contribution in [0.1, 0.15) is 22.8 Å². The molecule has 5 nitrogen and oxygen atoms in total. The Morgan fingerprint density at radius 2 is 1.83 bits per heavy atom. The van der Waals surface area contributed by atoms with Crippen LogP contribution in [0.4, 0.5) is 5.69 Å². The fraction of sp³-hybridized carbons (Fsp3) is 0.278. The number of rotatable bonds is 3.